The van der Waals surface area contributed by atoms with Crippen LogP contribution in [0.3, 0.4) is 0 Å². The highest BCUT2D eigenvalue weighted by Gasteiger charge is 2.35. The molecule has 2 aliphatic rings. The van der Waals surface area contributed by atoms with Gasteiger partial charge in [-0.3, -0.25) is 10.2 Å². The van der Waals surface area contributed by atoms with Crippen LogP contribution in [0.1, 0.15) is 5.56 Å². The van der Waals surface area contributed by atoms with Crippen LogP contribution in [0.2, 0.25) is 0 Å². The van der Waals surface area contributed by atoms with Crippen LogP contribution in [0.4, 0.5) is 0 Å². The van der Waals surface area contributed by atoms with E-state index in [4.69, 9.17) is 24.4 Å². The first-order valence-corrected chi connectivity index (χ1v) is 13.5. The average Bonchev–Trinajstić information content (AvgIpc) is 3.37. The van der Waals surface area contributed by atoms with Crippen LogP contribution in [0.15, 0.2) is 92.9 Å². The Bertz CT molecular complexity index is 1480. The second-order valence-electron chi connectivity index (χ2n) is 8.16. The molecule has 9 nitrogen and oxygen atoms in total. The summed E-state index contributed by atoms with van der Waals surface area (Å²) in [7, 11) is 1.53. The number of amidine groups is 2. The van der Waals surface area contributed by atoms with E-state index >= 15 is 0 Å². The molecule has 0 saturated carbocycles. The number of nitrogens with zero attached hydrogens (tertiary/aromatic N) is 3. The van der Waals surface area contributed by atoms with Gasteiger partial charge in [-0.25, -0.2) is 0 Å². The minimum Gasteiger partial charge on any atom is -0.493 e. The van der Waals surface area contributed by atoms with Crippen molar-refractivity contribution in [3.05, 3.63) is 88.4 Å². The van der Waals surface area contributed by atoms with Gasteiger partial charge in [0.15, 0.2) is 17.3 Å². The molecule has 39 heavy (non-hydrogen) atoms. The van der Waals surface area contributed by atoms with Crippen LogP contribution in [0, 0.1) is 5.41 Å². The van der Waals surface area contributed by atoms with Crippen LogP contribution in [-0.2, 0) is 4.79 Å². The summed E-state index contributed by atoms with van der Waals surface area (Å²) in [6.45, 7) is 0.850. The van der Waals surface area contributed by atoms with Crippen molar-refractivity contribution in [2.24, 2.45) is 10.1 Å². The normalized spacial score (nSPS) is 15.5. The van der Waals surface area contributed by atoms with Gasteiger partial charge >= 0.3 is 0 Å². The Kier molecular flexibility index (Phi) is 8.28. The lowest BCUT2D eigenvalue weighted by molar-refractivity contribution is -0.114. The maximum Gasteiger partial charge on any atom is 0.283 e. The number of nitrogens with one attached hydrogen (secondary N) is 1. The third kappa shape index (κ3) is 6.32. The summed E-state index contributed by atoms with van der Waals surface area (Å²) in [5.41, 5.74) is 0.731. The largest absolute Gasteiger partial charge is 0.493 e. The molecule has 0 aliphatic carbocycles. The summed E-state index contributed by atoms with van der Waals surface area (Å²) in [6, 6.07) is 22.3. The summed E-state index contributed by atoms with van der Waals surface area (Å²) in [5.74, 6) is 1.84. The van der Waals surface area contributed by atoms with E-state index in [1.165, 1.54) is 23.9 Å². The molecule has 0 aromatic heterocycles. The summed E-state index contributed by atoms with van der Waals surface area (Å²) in [4.78, 5) is 17.0. The minimum atomic E-state index is -0.521. The number of fused-ring (bicyclic) bond motifs is 1. The van der Waals surface area contributed by atoms with Crippen LogP contribution in [0.25, 0.3) is 6.08 Å². The molecule has 5 rings (SSSR count). The molecule has 0 unspecified atom stereocenters. The van der Waals surface area contributed by atoms with E-state index in [-0.39, 0.29) is 18.0 Å². The predicted octanol–water partition coefficient (Wildman–Crippen LogP) is 5.61. The highest BCUT2D eigenvalue weighted by atomic mass is 79.9. The molecule has 1 N–H and O–H groups in total. The Hall–Kier alpha value is -4.09. The molecule has 0 saturated heterocycles. The van der Waals surface area contributed by atoms with Gasteiger partial charge in [0.25, 0.3) is 5.91 Å². The molecule has 198 valence electrons. The molecule has 0 bridgehead atoms. The van der Waals surface area contributed by atoms with Gasteiger partial charge < -0.3 is 18.9 Å². The van der Waals surface area contributed by atoms with E-state index in [0.29, 0.717) is 50.7 Å². The van der Waals surface area contributed by atoms with Gasteiger partial charge in [0, 0.05) is 0 Å². The fourth-order valence-corrected chi connectivity index (χ4v) is 5.07. The van der Waals surface area contributed by atoms with Crippen LogP contribution >= 0.6 is 27.7 Å². The Morgan fingerprint density at radius 2 is 1.64 bits per heavy atom. The zero-order chi connectivity index (χ0) is 27.2. The molecule has 0 fully saturated rings. The van der Waals surface area contributed by atoms with Gasteiger partial charge in [-0.2, -0.15) is 15.1 Å². The predicted molar refractivity (Wildman–Crippen MR) is 155 cm³/mol. The molecular weight excluding hydrogens is 584 g/mol. The standard InChI is InChI=1S/C28H23BrN4O5S/c1-35-23-16-18(15-22(29)25(23)37-13-12-36-19-8-4-2-5-9-19)14-21-26(30)33-28(31-27(21)34)39-24(32-33)17-38-20-10-6-3-7-11-20/h2-11,14-16,30H,12-13,17H2,1H3/b21-14-,30-26?. The third-order valence-electron chi connectivity index (χ3n) is 5.51. The van der Waals surface area contributed by atoms with Gasteiger partial charge in [-0.15, -0.1) is 0 Å². The number of halogens is 1. The Labute approximate surface area is 237 Å². The Balaban J connectivity index is 1.27. The smallest absolute Gasteiger partial charge is 0.283 e. The summed E-state index contributed by atoms with van der Waals surface area (Å²) in [6.07, 6.45) is 1.58. The van der Waals surface area contributed by atoms with Crippen LogP contribution in [0.5, 0.6) is 23.0 Å². The summed E-state index contributed by atoms with van der Waals surface area (Å²) < 4.78 is 23.5. The van der Waals surface area contributed by atoms with E-state index in [9.17, 15) is 4.79 Å². The van der Waals surface area contributed by atoms with Crippen molar-refractivity contribution in [3.8, 4) is 23.0 Å². The number of thioether (sulfide) groups is 1. The van der Waals surface area contributed by atoms with Gasteiger partial charge in [0.05, 0.1) is 17.2 Å². The monoisotopic (exact) mass is 606 g/mol. The number of hydrogen-bond acceptors (Lipinski definition) is 8. The summed E-state index contributed by atoms with van der Waals surface area (Å²) in [5, 5.41) is 15.3. The van der Waals surface area contributed by atoms with Crippen molar-refractivity contribution in [2.45, 2.75) is 0 Å². The van der Waals surface area contributed by atoms with Crippen molar-refractivity contribution in [1.29, 1.82) is 5.41 Å². The number of carbonyl (C=O) groups is 1. The second kappa shape index (κ2) is 12.2. The number of hydrogen-bond donors (Lipinski definition) is 1. The van der Waals surface area contributed by atoms with Crippen molar-refractivity contribution >= 4 is 55.7 Å². The number of aliphatic imine (C=N–C) groups is 1. The quantitative estimate of drug-likeness (QED) is 0.236. The van der Waals surface area contributed by atoms with E-state index in [0.717, 1.165) is 5.75 Å². The minimum absolute atomic E-state index is 0.0688. The number of amides is 1. The van der Waals surface area contributed by atoms with E-state index in [1.54, 1.807) is 18.2 Å². The second-order valence-corrected chi connectivity index (χ2v) is 10.1. The SMILES string of the molecule is COc1cc(/C=C2/C(=N)N3N=C(COc4ccccc4)SC3=NC2=O)cc(Br)c1OCCOc1ccccc1. The first-order chi connectivity index (χ1) is 19.0. The van der Waals surface area contributed by atoms with Crippen molar-refractivity contribution in [3.63, 3.8) is 0 Å². The first-order valence-electron chi connectivity index (χ1n) is 11.9. The maximum absolute atomic E-state index is 12.8. The molecule has 3 aromatic rings. The molecule has 1 amide bonds. The van der Waals surface area contributed by atoms with Gasteiger partial charge in [-0.05, 0) is 75.7 Å². The zero-order valence-electron chi connectivity index (χ0n) is 20.8. The van der Waals surface area contributed by atoms with Gasteiger partial charge in [0.2, 0.25) is 5.17 Å². The van der Waals surface area contributed by atoms with Gasteiger partial charge in [-0.1, -0.05) is 36.4 Å². The number of rotatable bonds is 10. The molecule has 0 spiro atoms. The third-order valence-corrected chi connectivity index (χ3v) is 6.98. The number of para-hydroxylation sites is 2. The van der Waals surface area contributed by atoms with Crippen LogP contribution < -0.4 is 18.9 Å². The molecule has 2 heterocycles. The molecular formula is C28H23BrN4O5S. The average molecular weight is 607 g/mol. The maximum atomic E-state index is 12.8. The molecule has 0 atom stereocenters. The van der Waals surface area contributed by atoms with Crippen molar-refractivity contribution in [2.75, 3.05) is 26.9 Å². The number of benzene rings is 3. The van der Waals surface area contributed by atoms with Crippen LogP contribution in [-0.4, -0.2) is 53.9 Å². The Morgan fingerprint density at radius 1 is 0.974 bits per heavy atom. The van der Waals surface area contributed by atoms with Crippen molar-refractivity contribution in [1.82, 2.24) is 5.01 Å². The number of ether oxygens (including phenoxy) is 4. The zero-order valence-corrected chi connectivity index (χ0v) is 23.2. The lowest BCUT2D eigenvalue weighted by Gasteiger charge is -2.20. The first kappa shape index (κ1) is 26.5. The number of hydrazone groups is 1. The van der Waals surface area contributed by atoms with E-state index < -0.39 is 5.91 Å². The van der Waals surface area contributed by atoms with Gasteiger partial charge in [0.1, 0.15) is 36.4 Å². The number of carbonyl (C=O) groups excluding carboxylic acids is 1. The lowest BCUT2D eigenvalue weighted by atomic mass is 10.1. The summed E-state index contributed by atoms with van der Waals surface area (Å²) >= 11 is 4.74. The number of methoxy groups -OCH3 is 1. The highest BCUT2D eigenvalue weighted by molar-refractivity contribution is 9.10. The molecule has 3 aromatic carbocycles. The molecule has 0 radical (unpaired) electrons. The fraction of sp³-hybridized carbons (Fsp3) is 0.143. The van der Waals surface area contributed by atoms with Crippen molar-refractivity contribution < 1.29 is 23.7 Å². The highest BCUT2D eigenvalue weighted by Crippen LogP contribution is 2.38. The fourth-order valence-electron chi connectivity index (χ4n) is 3.70. The molecule has 11 heteroatoms. The Morgan fingerprint density at radius 3 is 2.33 bits per heavy atom. The van der Waals surface area contributed by atoms with E-state index in [2.05, 4.69) is 26.0 Å². The lowest BCUT2D eigenvalue weighted by Crippen LogP contribution is -2.35. The molecule has 2 aliphatic heterocycles. The topological polar surface area (TPSA) is 106 Å². The van der Waals surface area contributed by atoms with E-state index in [1.807, 2.05) is 60.7 Å².